The summed E-state index contributed by atoms with van der Waals surface area (Å²) in [5.74, 6) is 0.257. The molecule has 0 unspecified atom stereocenters. The van der Waals surface area contributed by atoms with Crippen LogP contribution in [0.25, 0.3) is 0 Å². The van der Waals surface area contributed by atoms with Crippen LogP contribution in [0.4, 0.5) is 0 Å². The Bertz CT molecular complexity index is 530. The second-order valence-corrected chi connectivity index (χ2v) is 6.00. The maximum absolute atomic E-state index is 12.5. The molecular weight excluding hydrogens is 290 g/mol. The maximum atomic E-state index is 12.5. The Labute approximate surface area is 138 Å². The molecule has 2 rings (SSSR count). The fourth-order valence-corrected chi connectivity index (χ4v) is 2.86. The number of amides is 2. The SMILES string of the molecule is CCN(CC)C(=O)CN1CCN(C(=O)c2ccc(C)cc2)CC1. The van der Waals surface area contributed by atoms with Crippen molar-refractivity contribution in [3.05, 3.63) is 35.4 Å². The van der Waals surface area contributed by atoms with Gasteiger partial charge in [0.05, 0.1) is 6.54 Å². The Balaban J connectivity index is 1.85. The van der Waals surface area contributed by atoms with E-state index in [2.05, 4.69) is 4.90 Å². The number of piperazine rings is 1. The average molecular weight is 317 g/mol. The lowest BCUT2D eigenvalue weighted by Gasteiger charge is -2.35. The van der Waals surface area contributed by atoms with E-state index < -0.39 is 0 Å². The van der Waals surface area contributed by atoms with Crippen LogP contribution in [-0.2, 0) is 4.79 Å². The quantitative estimate of drug-likeness (QED) is 0.829. The zero-order chi connectivity index (χ0) is 16.8. The van der Waals surface area contributed by atoms with Gasteiger partial charge in [0.1, 0.15) is 0 Å². The van der Waals surface area contributed by atoms with E-state index in [1.54, 1.807) is 0 Å². The van der Waals surface area contributed by atoms with Gasteiger partial charge in [0.15, 0.2) is 0 Å². The Morgan fingerprint density at radius 2 is 1.57 bits per heavy atom. The number of aryl methyl sites for hydroxylation is 1. The molecule has 1 aliphatic heterocycles. The first-order valence-electron chi connectivity index (χ1n) is 8.41. The largest absolute Gasteiger partial charge is 0.342 e. The number of hydrogen-bond donors (Lipinski definition) is 0. The van der Waals surface area contributed by atoms with E-state index in [0.29, 0.717) is 19.6 Å². The molecular formula is C18H27N3O2. The Morgan fingerprint density at radius 1 is 1.00 bits per heavy atom. The van der Waals surface area contributed by atoms with Gasteiger partial charge in [-0.1, -0.05) is 17.7 Å². The van der Waals surface area contributed by atoms with Crippen LogP contribution in [0.1, 0.15) is 29.8 Å². The van der Waals surface area contributed by atoms with Crippen LogP contribution in [0.15, 0.2) is 24.3 Å². The lowest BCUT2D eigenvalue weighted by molar-refractivity contribution is -0.132. The first-order valence-corrected chi connectivity index (χ1v) is 8.41. The number of hydrogen-bond acceptors (Lipinski definition) is 3. The van der Waals surface area contributed by atoms with E-state index in [-0.39, 0.29) is 11.8 Å². The average Bonchev–Trinajstić information content (AvgIpc) is 2.57. The van der Waals surface area contributed by atoms with Crippen LogP contribution in [0.2, 0.25) is 0 Å². The molecule has 1 aromatic carbocycles. The topological polar surface area (TPSA) is 43.9 Å². The number of carbonyl (C=O) groups excluding carboxylic acids is 2. The molecule has 0 aromatic heterocycles. The standard InChI is InChI=1S/C18H27N3O2/c1-4-20(5-2)17(22)14-19-10-12-21(13-11-19)18(23)16-8-6-15(3)7-9-16/h6-9H,4-5,10-14H2,1-3H3. The van der Waals surface area contributed by atoms with Gasteiger partial charge in [-0.25, -0.2) is 0 Å². The molecule has 1 aromatic rings. The molecule has 5 heteroatoms. The van der Waals surface area contributed by atoms with Gasteiger partial charge in [0, 0.05) is 44.8 Å². The molecule has 0 N–H and O–H groups in total. The second-order valence-electron chi connectivity index (χ2n) is 6.00. The predicted octanol–water partition coefficient (Wildman–Crippen LogP) is 1.62. The molecule has 1 fully saturated rings. The van der Waals surface area contributed by atoms with Crippen LogP contribution < -0.4 is 0 Å². The Morgan fingerprint density at radius 3 is 2.09 bits per heavy atom. The van der Waals surface area contributed by atoms with E-state index in [0.717, 1.165) is 37.3 Å². The van der Waals surface area contributed by atoms with Gasteiger partial charge in [-0.05, 0) is 32.9 Å². The van der Waals surface area contributed by atoms with Crippen molar-refractivity contribution in [1.82, 2.24) is 14.7 Å². The van der Waals surface area contributed by atoms with Gasteiger partial charge in [-0.15, -0.1) is 0 Å². The molecule has 5 nitrogen and oxygen atoms in total. The zero-order valence-corrected chi connectivity index (χ0v) is 14.4. The number of carbonyl (C=O) groups is 2. The Kier molecular flexibility index (Phi) is 6.16. The minimum absolute atomic E-state index is 0.0831. The molecule has 0 bridgehead atoms. The minimum atomic E-state index is 0.0831. The molecule has 0 saturated carbocycles. The first-order chi connectivity index (χ1) is 11.0. The van der Waals surface area contributed by atoms with Gasteiger partial charge in [-0.3, -0.25) is 14.5 Å². The van der Waals surface area contributed by atoms with Crippen LogP contribution in [0.3, 0.4) is 0 Å². The van der Waals surface area contributed by atoms with Crippen molar-refractivity contribution in [2.45, 2.75) is 20.8 Å². The van der Waals surface area contributed by atoms with E-state index in [1.807, 2.05) is 54.8 Å². The highest BCUT2D eigenvalue weighted by Gasteiger charge is 2.24. The summed E-state index contributed by atoms with van der Waals surface area (Å²) in [5.41, 5.74) is 1.89. The van der Waals surface area contributed by atoms with Gasteiger partial charge in [0.25, 0.3) is 5.91 Å². The summed E-state index contributed by atoms with van der Waals surface area (Å²) in [7, 11) is 0. The number of nitrogens with zero attached hydrogens (tertiary/aromatic N) is 3. The third-order valence-electron chi connectivity index (χ3n) is 4.43. The number of likely N-dealkylation sites (N-methyl/N-ethyl adjacent to an activating group) is 1. The van der Waals surface area contributed by atoms with Crippen LogP contribution >= 0.6 is 0 Å². The van der Waals surface area contributed by atoms with Crippen molar-refractivity contribution < 1.29 is 9.59 Å². The highest BCUT2D eigenvalue weighted by atomic mass is 16.2. The molecule has 2 amide bonds. The molecule has 23 heavy (non-hydrogen) atoms. The summed E-state index contributed by atoms with van der Waals surface area (Å²) in [4.78, 5) is 30.5. The molecule has 0 atom stereocenters. The van der Waals surface area contributed by atoms with Crippen molar-refractivity contribution in [3.8, 4) is 0 Å². The highest BCUT2D eigenvalue weighted by Crippen LogP contribution is 2.10. The summed E-state index contributed by atoms with van der Waals surface area (Å²) in [6, 6.07) is 7.69. The van der Waals surface area contributed by atoms with Crippen LogP contribution in [0.5, 0.6) is 0 Å². The molecule has 1 heterocycles. The van der Waals surface area contributed by atoms with Crippen molar-refractivity contribution in [1.29, 1.82) is 0 Å². The van der Waals surface area contributed by atoms with E-state index in [9.17, 15) is 9.59 Å². The fourth-order valence-electron chi connectivity index (χ4n) is 2.86. The van der Waals surface area contributed by atoms with E-state index in [1.165, 1.54) is 0 Å². The molecule has 126 valence electrons. The van der Waals surface area contributed by atoms with Crippen LogP contribution in [-0.4, -0.2) is 72.3 Å². The molecule has 1 saturated heterocycles. The highest BCUT2D eigenvalue weighted by molar-refractivity contribution is 5.94. The third kappa shape index (κ3) is 4.55. The van der Waals surface area contributed by atoms with Crippen molar-refractivity contribution in [2.75, 3.05) is 45.8 Å². The summed E-state index contributed by atoms with van der Waals surface area (Å²) in [6.45, 7) is 10.8. The molecule has 0 aliphatic carbocycles. The summed E-state index contributed by atoms with van der Waals surface area (Å²) >= 11 is 0. The summed E-state index contributed by atoms with van der Waals surface area (Å²) in [6.07, 6.45) is 0. The lowest BCUT2D eigenvalue weighted by Crippen LogP contribution is -2.51. The second kappa shape index (κ2) is 8.11. The Hall–Kier alpha value is -1.88. The minimum Gasteiger partial charge on any atom is -0.342 e. The van der Waals surface area contributed by atoms with Crippen molar-refractivity contribution in [2.24, 2.45) is 0 Å². The maximum Gasteiger partial charge on any atom is 0.253 e. The normalized spacial score (nSPS) is 15.5. The van der Waals surface area contributed by atoms with Gasteiger partial charge in [-0.2, -0.15) is 0 Å². The zero-order valence-electron chi connectivity index (χ0n) is 14.4. The molecule has 0 spiro atoms. The number of benzene rings is 1. The number of rotatable bonds is 5. The van der Waals surface area contributed by atoms with Crippen LogP contribution in [0, 0.1) is 6.92 Å². The third-order valence-corrected chi connectivity index (χ3v) is 4.43. The molecule has 1 aliphatic rings. The molecule has 0 radical (unpaired) electrons. The first kappa shape index (κ1) is 17.5. The van der Waals surface area contributed by atoms with Gasteiger partial charge >= 0.3 is 0 Å². The smallest absolute Gasteiger partial charge is 0.253 e. The van der Waals surface area contributed by atoms with Crippen molar-refractivity contribution in [3.63, 3.8) is 0 Å². The fraction of sp³-hybridized carbons (Fsp3) is 0.556. The van der Waals surface area contributed by atoms with E-state index in [4.69, 9.17) is 0 Å². The van der Waals surface area contributed by atoms with Gasteiger partial charge in [0.2, 0.25) is 5.91 Å². The monoisotopic (exact) mass is 317 g/mol. The van der Waals surface area contributed by atoms with Gasteiger partial charge < -0.3 is 9.80 Å². The van der Waals surface area contributed by atoms with E-state index >= 15 is 0 Å². The predicted molar refractivity (Wildman–Crippen MR) is 91.5 cm³/mol. The van der Waals surface area contributed by atoms with Crippen molar-refractivity contribution >= 4 is 11.8 Å². The summed E-state index contributed by atoms with van der Waals surface area (Å²) in [5, 5.41) is 0. The lowest BCUT2D eigenvalue weighted by atomic mass is 10.1. The summed E-state index contributed by atoms with van der Waals surface area (Å²) < 4.78 is 0.